The Morgan fingerprint density at radius 1 is 1.17 bits per heavy atom. The van der Waals surface area contributed by atoms with Gasteiger partial charge in [-0.1, -0.05) is 12.1 Å². The van der Waals surface area contributed by atoms with Crippen LogP contribution < -0.4 is 5.32 Å². The first-order valence-electron chi connectivity index (χ1n) is 7.32. The van der Waals surface area contributed by atoms with Crippen LogP contribution in [-0.2, 0) is 16.6 Å². The van der Waals surface area contributed by atoms with Crippen LogP contribution in [0, 0.1) is 0 Å². The smallest absolute Gasteiger partial charge is 0.275 e. The SMILES string of the molecule is CN(C)S(=O)(=O)c1ccc(CNc2ccccc2-n2cccn2)o1. The van der Waals surface area contributed by atoms with Gasteiger partial charge in [0.2, 0.25) is 5.09 Å². The maximum atomic E-state index is 12.0. The summed E-state index contributed by atoms with van der Waals surface area (Å²) in [7, 11) is -0.621. The summed E-state index contributed by atoms with van der Waals surface area (Å²) in [5.41, 5.74) is 1.77. The van der Waals surface area contributed by atoms with Crippen molar-refractivity contribution in [3.8, 4) is 5.69 Å². The summed E-state index contributed by atoms with van der Waals surface area (Å²) >= 11 is 0. The number of para-hydroxylation sites is 2. The molecule has 0 aliphatic rings. The molecule has 0 amide bonds. The van der Waals surface area contributed by atoms with E-state index in [-0.39, 0.29) is 5.09 Å². The average Bonchev–Trinajstić information content (AvgIpc) is 3.25. The first kappa shape index (κ1) is 16.3. The standard InChI is InChI=1S/C16H18N4O3S/c1-19(2)24(21,22)16-9-8-13(23-16)12-17-14-6-3-4-7-15(14)20-11-5-10-18-20/h3-11,17H,12H2,1-2H3. The van der Waals surface area contributed by atoms with E-state index in [4.69, 9.17) is 4.42 Å². The van der Waals surface area contributed by atoms with E-state index in [0.29, 0.717) is 12.3 Å². The van der Waals surface area contributed by atoms with Crippen LogP contribution in [-0.4, -0.2) is 36.6 Å². The van der Waals surface area contributed by atoms with Crippen LogP contribution in [0.25, 0.3) is 5.69 Å². The molecular weight excluding hydrogens is 328 g/mol. The van der Waals surface area contributed by atoms with Gasteiger partial charge in [0.1, 0.15) is 5.76 Å². The van der Waals surface area contributed by atoms with Gasteiger partial charge in [0.25, 0.3) is 10.0 Å². The van der Waals surface area contributed by atoms with Gasteiger partial charge in [-0.25, -0.2) is 17.4 Å². The monoisotopic (exact) mass is 346 g/mol. The van der Waals surface area contributed by atoms with E-state index >= 15 is 0 Å². The second-order valence-electron chi connectivity index (χ2n) is 5.33. The number of benzene rings is 1. The Morgan fingerprint density at radius 2 is 1.96 bits per heavy atom. The molecule has 0 radical (unpaired) electrons. The zero-order chi connectivity index (χ0) is 17.2. The van der Waals surface area contributed by atoms with Crippen molar-refractivity contribution in [2.75, 3.05) is 19.4 Å². The van der Waals surface area contributed by atoms with Crippen LogP contribution in [0.2, 0.25) is 0 Å². The molecule has 0 bridgehead atoms. The second-order valence-corrected chi connectivity index (χ2v) is 7.41. The largest absolute Gasteiger partial charge is 0.446 e. The number of rotatable bonds is 6. The minimum Gasteiger partial charge on any atom is -0.446 e. The van der Waals surface area contributed by atoms with Gasteiger partial charge in [0, 0.05) is 26.5 Å². The molecule has 7 nitrogen and oxygen atoms in total. The third kappa shape index (κ3) is 3.19. The van der Waals surface area contributed by atoms with Crippen LogP contribution in [0.1, 0.15) is 5.76 Å². The Kier molecular flexibility index (Phi) is 4.41. The maximum Gasteiger partial charge on any atom is 0.275 e. The molecule has 126 valence electrons. The topological polar surface area (TPSA) is 80.4 Å². The lowest BCUT2D eigenvalue weighted by atomic mass is 10.2. The molecule has 2 heterocycles. The van der Waals surface area contributed by atoms with Gasteiger partial charge in [-0.2, -0.15) is 5.10 Å². The number of nitrogens with zero attached hydrogens (tertiary/aromatic N) is 3. The van der Waals surface area contributed by atoms with Crippen LogP contribution in [0.15, 0.2) is 64.4 Å². The lowest BCUT2D eigenvalue weighted by molar-refractivity contribution is 0.402. The summed E-state index contributed by atoms with van der Waals surface area (Å²) in [5.74, 6) is 0.533. The lowest BCUT2D eigenvalue weighted by Gasteiger charge is -2.11. The fourth-order valence-corrected chi connectivity index (χ4v) is 3.00. The lowest BCUT2D eigenvalue weighted by Crippen LogP contribution is -2.21. The minimum atomic E-state index is -3.56. The highest BCUT2D eigenvalue weighted by Gasteiger charge is 2.21. The van der Waals surface area contributed by atoms with E-state index in [9.17, 15) is 8.42 Å². The number of sulfonamides is 1. The number of anilines is 1. The highest BCUT2D eigenvalue weighted by molar-refractivity contribution is 7.88. The van der Waals surface area contributed by atoms with E-state index in [1.165, 1.54) is 20.2 Å². The molecule has 0 atom stereocenters. The minimum absolute atomic E-state index is 0.0651. The van der Waals surface area contributed by atoms with Crippen LogP contribution in [0.3, 0.4) is 0 Å². The third-order valence-corrected chi connectivity index (χ3v) is 5.17. The van der Waals surface area contributed by atoms with Gasteiger partial charge in [-0.15, -0.1) is 0 Å². The predicted octanol–water partition coefficient (Wildman–Crippen LogP) is 2.33. The number of hydrogen-bond donors (Lipinski definition) is 1. The van der Waals surface area contributed by atoms with Crippen molar-refractivity contribution in [3.05, 3.63) is 60.6 Å². The molecule has 2 aromatic heterocycles. The van der Waals surface area contributed by atoms with Gasteiger partial charge in [-0.05, 0) is 30.3 Å². The number of furan rings is 1. The molecule has 0 spiro atoms. The van der Waals surface area contributed by atoms with E-state index < -0.39 is 10.0 Å². The highest BCUT2D eigenvalue weighted by atomic mass is 32.2. The zero-order valence-electron chi connectivity index (χ0n) is 13.4. The summed E-state index contributed by atoms with van der Waals surface area (Å²) in [4.78, 5) is 0. The van der Waals surface area contributed by atoms with Crippen molar-refractivity contribution in [2.24, 2.45) is 0 Å². The Morgan fingerprint density at radius 3 is 2.67 bits per heavy atom. The number of aromatic nitrogens is 2. The van der Waals surface area contributed by atoms with Gasteiger partial charge in [-0.3, -0.25) is 0 Å². The van der Waals surface area contributed by atoms with Crippen molar-refractivity contribution < 1.29 is 12.8 Å². The molecule has 0 fully saturated rings. The van der Waals surface area contributed by atoms with Gasteiger partial charge >= 0.3 is 0 Å². The Hall–Kier alpha value is -2.58. The molecule has 0 saturated heterocycles. The summed E-state index contributed by atoms with van der Waals surface area (Å²) < 4.78 is 32.4. The van der Waals surface area contributed by atoms with Crippen molar-refractivity contribution in [1.82, 2.24) is 14.1 Å². The van der Waals surface area contributed by atoms with Crippen LogP contribution >= 0.6 is 0 Å². The average molecular weight is 346 g/mol. The molecule has 0 aliphatic carbocycles. The van der Waals surface area contributed by atoms with E-state index in [1.54, 1.807) is 16.9 Å². The van der Waals surface area contributed by atoms with E-state index in [0.717, 1.165) is 15.7 Å². The summed E-state index contributed by atoms with van der Waals surface area (Å²) in [6.07, 6.45) is 3.57. The molecule has 3 rings (SSSR count). The fraction of sp³-hybridized carbons (Fsp3) is 0.188. The van der Waals surface area contributed by atoms with Crippen molar-refractivity contribution >= 4 is 15.7 Å². The molecular formula is C16H18N4O3S. The third-order valence-electron chi connectivity index (χ3n) is 3.48. The molecule has 3 aromatic rings. The molecule has 24 heavy (non-hydrogen) atoms. The number of nitrogens with one attached hydrogen (secondary N) is 1. The molecule has 0 aliphatic heterocycles. The van der Waals surface area contributed by atoms with Crippen molar-refractivity contribution in [2.45, 2.75) is 11.6 Å². The molecule has 1 aromatic carbocycles. The summed E-state index contributed by atoms with van der Waals surface area (Å²) in [6.45, 7) is 0.362. The molecule has 0 unspecified atom stereocenters. The Bertz CT molecular complexity index is 914. The van der Waals surface area contributed by atoms with Gasteiger partial charge in [0.15, 0.2) is 0 Å². The maximum absolute atomic E-state index is 12.0. The van der Waals surface area contributed by atoms with E-state index in [1.807, 2.05) is 36.5 Å². The van der Waals surface area contributed by atoms with Gasteiger partial charge in [0.05, 0.1) is 17.9 Å². The quantitative estimate of drug-likeness (QED) is 0.741. The molecule has 1 N–H and O–H groups in total. The normalized spacial score (nSPS) is 11.8. The number of hydrogen-bond acceptors (Lipinski definition) is 5. The Labute approximate surface area is 140 Å². The molecule has 0 saturated carbocycles. The highest BCUT2D eigenvalue weighted by Crippen LogP contribution is 2.21. The predicted molar refractivity (Wildman–Crippen MR) is 90.5 cm³/mol. The fourth-order valence-electron chi connectivity index (χ4n) is 2.19. The summed E-state index contributed by atoms with van der Waals surface area (Å²) in [5, 5.41) is 7.41. The van der Waals surface area contributed by atoms with E-state index in [2.05, 4.69) is 10.4 Å². The van der Waals surface area contributed by atoms with Crippen LogP contribution in [0.5, 0.6) is 0 Å². The first-order valence-corrected chi connectivity index (χ1v) is 8.76. The Balaban J connectivity index is 1.77. The molecule has 8 heteroatoms. The second kappa shape index (κ2) is 6.50. The van der Waals surface area contributed by atoms with Crippen LogP contribution in [0.4, 0.5) is 5.69 Å². The summed E-state index contributed by atoms with van der Waals surface area (Å²) in [6, 6.07) is 12.7. The zero-order valence-corrected chi connectivity index (χ0v) is 14.2. The van der Waals surface area contributed by atoms with Gasteiger partial charge < -0.3 is 9.73 Å². The van der Waals surface area contributed by atoms with Crippen molar-refractivity contribution in [3.63, 3.8) is 0 Å². The van der Waals surface area contributed by atoms with Crippen molar-refractivity contribution in [1.29, 1.82) is 0 Å². The first-order chi connectivity index (χ1) is 11.5.